The minimum absolute atomic E-state index is 0.0534. The van der Waals surface area contributed by atoms with Crippen molar-refractivity contribution in [3.8, 4) is 0 Å². The molecule has 0 aliphatic heterocycles. The first-order valence-corrected chi connectivity index (χ1v) is 6.41. The van der Waals surface area contributed by atoms with E-state index in [1.54, 1.807) is 6.07 Å². The second-order valence-electron chi connectivity index (χ2n) is 3.36. The fourth-order valence-corrected chi connectivity index (χ4v) is 3.08. The van der Waals surface area contributed by atoms with E-state index in [9.17, 15) is 8.42 Å². The Labute approximate surface area is 99.3 Å². The molecule has 0 amide bonds. The van der Waals surface area contributed by atoms with E-state index < -0.39 is 16.1 Å². The maximum absolute atomic E-state index is 11.9. The van der Waals surface area contributed by atoms with Crippen LogP contribution in [0.5, 0.6) is 0 Å². The molecule has 1 atom stereocenters. The highest BCUT2D eigenvalue weighted by Gasteiger charge is 2.22. The van der Waals surface area contributed by atoms with Gasteiger partial charge >= 0.3 is 0 Å². The summed E-state index contributed by atoms with van der Waals surface area (Å²) >= 11 is 5.78. The van der Waals surface area contributed by atoms with Gasteiger partial charge in [0.15, 0.2) is 0 Å². The molecule has 0 aliphatic carbocycles. The van der Waals surface area contributed by atoms with Crippen LogP contribution in [0.3, 0.4) is 0 Å². The Balaban J connectivity index is 3.17. The van der Waals surface area contributed by atoms with Crippen molar-refractivity contribution < 1.29 is 13.5 Å². The van der Waals surface area contributed by atoms with Crippen molar-refractivity contribution in [1.82, 2.24) is 4.72 Å². The lowest BCUT2D eigenvalue weighted by atomic mass is 10.3. The average molecular weight is 265 g/mol. The predicted molar refractivity (Wildman–Crippen MR) is 62.7 cm³/mol. The summed E-state index contributed by atoms with van der Waals surface area (Å²) in [6, 6.07) is 3.85. The highest BCUT2D eigenvalue weighted by molar-refractivity contribution is 7.89. The molecule has 0 spiro atoms. The maximum atomic E-state index is 11.9. The molecule has 1 aromatic rings. The average Bonchev–Trinajstić information content (AvgIpc) is 2.16. The first-order valence-electron chi connectivity index (χ1n) is 4.55. The number of benzene rings is 1. The molecular weight excluding hydrogens is 252 g/mol. The molecule has 1 rings (SSSR count). The molecule has 0 saturated carbocycles. The zero-order valence-corrected chi connectivity index (χ0v) is 10.2. The lowest BCUT2D eigenvalue weighted by molar-refractivity contribution is 0.265. The van der Waals surface area contributed by atoms with E-state index in [0.29, 0.717) is 0 Å². The Hall–Kier alpha value is -0.820. The van der Waals surface area contributed by atoms with Crippen molar-refractivity contribution in [3.05, 3.63) is 23.2 Å². The molecule has 5 nitrogen and oxygen atoms in total. The minimum Gasteiger partial charge on any atom is -0.398 e. The van der Waals surface area contributed by atoms with Crippen molar-refractivity contribution in [1.29, 1.82) is 0 Å². The van der Waals surface area contributed by atoms with Crippen molar-refractivity contribution in [3.63, 3.8) is 0 Å². The van der Waals surface area contributed by atoms with Gasteiger partial charge in [0.2, 0.25) is 10.0 Å². The first-order chi connectivity index (χ1) is 7.38. The summed E-state index contributed by atoms with van der Waals surface area (Å²) < 4.78 is 26.0. The van der Waals surface area contributed by atoms with Crippen LogP contribution in [-0.4, -0.2) is 26.2 Å². The van der Waals surface area contributed by atoms with Crippen molar-refractivity contribution in [2.24, 2.45) is 0 Å². The van der Waals surface area contributed by atoms with Gasteiger partial charge in [-0.05, 0) is 19.1 Å². The second-order valence-corrected chi connectivity index (χ2v) is 5.42. The van der Waals surface area contributed by atoms with E-state index in [0.717, 1.165) is 0 Å². The van der Waals surface area contributed by atoms with Gasteiger partial charge in [-0.25, -0.2) is 13.1 Å². The number of nitrogens with one attached hydrogen (secondary N) is 1. The zero-order valence-electron chi connectivity index (χ0n) is 8.64. The van der Waals surface area contributed by atoms with E-state index >= 15 is 0 Å². The number of aliphatic hydroxyl groups excluding tert-OH is 1. The van der Waals surface area contributed by atoms with Gasteiger partial charge in [0, 0.05) is 6.04 Å². The van der Waals surface area contributed by atoms with Crippen molar-refractivity contribution in [2.75, 3.05) is 12.3 Å². The molecule has 0 fully saturated rings. The van der Waals surface area contributed by atoms with Gasteiger partial charge in [-0.2, -0.15) is 0 Å². The van der Waals surface area contributed by atoms with Crippen LogP contribution in [0.2, 0.25) is 5.02 Å². The molecule has 0 bridgehead atoms. The number of anilines is 1. The van der Waals surface area contributed by atoms with Crippen LogP contribution in [0.1, 0.15) is 6.92 Å². The smallest absolute Gasteiger partial charge is 0.244 e. The van der Waals surface area contributed by atoms with Gasteiger partial charge in [-0.15, -0.1) is 0 Å². The van der Waals surface area contributed by atoms with Gasteiger partial charge in [-0.3, -0.25) is 0 Å². The zero-order chi connectivity index (χ0) is 12.3. The summed E-state index contributed by atoms with van der Waals surface area (Å²) in [5, 5.41) is 8.85. The second kappa shape index (κ2) is 5.01. The topological polar surface area (TPSA) is 92.4 Å². The SMILES string of the molecule is C[C@@H](CO)NS(=O)(=O)c1c(N)cccc1Cl. The molecule has 7 heteroatoms. The summed E-state index contributed by atoms with van der Waals surface area (Å²) in [7, 11) is -3.80. The highest BCUT2D eigenvalue weighted by Crippen LogP contribution is 2.26. The molecule has 0 saturated heterocycles. The van der Waals surface area contributed by atoms with Crippen LogP contribution in [0, 0.1) is 0 Å². The molecule has 0 radical (unpaired) electrons. The van der Waals surface area contributed by atoms with Crippen molar-refractivity contribution >= 4 is 27.3 Å². The van der Waals surface area contributed by atoms with Crippen molar-refractivity contribution in [2.45, 2.75) is 17.9 Å². The molecule has 1 aromatic carbocycles. The summed E-state index contributed by atoms with van der Waals surface area (Å²) in [5.74, 6) is 0. The molecule has 16 heavy (non-hydrogen) atoms. The lowest BCUT2D eigenvalue weighted by Crippen LogP contribution is -2.35. The Morgan fingerprint density at radius 3 is 2.69 bits per heavy atom. The number of halogens is 1. The maximum Gasteiger partial charge on any atom is 0.244 e. The number of aliphatic hydroxyl groups is 1. The van der Waals surface area contributed by atoms with Gasteiger partial charge in [-0.1, -0.05) is 17.7 Å². The van der Waals surface area contributed by atoms with E-state index in [1.807, 2.05) is 0 Å². The van der Waals surface area contributed by atoms with Gasteiger partial charge < -0.3 is 10.8 Å². The standard InChI is InChI=1S/C9H13ClN2O3S/c1-6(5-13)12-16(14,15)9-7(10)3-2-4-8(9)11/h2-4,6,12-13H,5,11H2,1H3/t6-/m0/s1. The number of nitrogens with two attached hydrogens (primary N) is 1. The fraction of sp³-hybridized carbons (Fsp3) is 0.333. The Bertz CT molecular complexity index is 455. The monoisotopic (exact) mass is 264 g/mol. The molecular formula is C9H13ClN2O3S. The Kier molecular flexibility index (Phi) is 4.15. The quantitative estimate of drug-likeness (QED) is 0.694. The van der Waals surface area contributed by atoms with E-state index in [4.69, 9.17) is 22.4 Å². The van der Waals surface area contributed by atoms with Crippen LogP contribution in [0.15, 0.2) is 23.1 Å². The Morgan fingerprint density at radius 2 is 2.19 bits per heavy atom. The third-order valence-corrected chi connectivity index (χ3v) is 4.03. The summed E-state index contributed by atoms with van der Waals surface area (Å²) in [6.45, 7) is 1.23. The van der Waals surface area contributed by atoms with E-state index in [1.165, 1.54) is 19.1 Å². The molecule has 90 valence electrons. The number of hydrogen-bond acceptors (Lipinski definition) is 4. The highest BCUT2D eigenvalue weighted by atomic mass is 35.5. The van der Waals surface area contributed by atoms with Crippen LogP contribution < -0.4 is 10.5 Å². The molecule has 0 aromatic heterocycles. The predicted octanol–water partition coefficient (Wildman–Crippen LogP) is 0.581. The van der Waals surface area contributed by atoms with Gasteiger partial charge in [0.05, 0.1) is 17.3 Å². The normalized spacial score (nSPS) is 13.7. The molecule has 0 heterocycles. The largest absolute Gasteiger partial charge is 0.398 e. The minimum atomic E-state index is -3.80. The van der Waals surface area contributed by atoms with Gasteiger partial charge in [0.1, 0.15) is 4.90 Å². The fourth-order valence-electron chi connectivity index (χ4n) is 1.17. The molecule has 0 aliphatic rings. The van der Waals surface area contributed by atoms with E-state index in [2.05, 4.69) is 4.72 Å². The number of hydrogen-bond donors (Lipinski definition) is 3. The third kappa shape index (κ3) is 2.85. The number of rotatable bonds is 4. The van der Waals surface area contributed by atoms with Crippen LogP contribution in [0.25, 0.3) is 0 Å². The number of sulfonamides is 1. The number of nitrogen functional groups attached to an aromatic ring is 1. The summed E-state index contributed by atoms with van der Waals surface area (Å²) in [4.78, 5) is -0.156. The summed E-state index contributed by atoms with van der Waals surface area (Å²) in [5.41, 5.74) is 5.63. The first kappa shape index (κ1) is 13.2. The molecule has 4 N–H and O–H groups in total. The van der Waals surface area contributed by atoms with Crippen LogP contribution in [-0.2, 0) is 10.0 Å². The van der Waals surface area contributed by atoms with Gasteiger partial charge in [0.25, 0.3) is 0 Å². The Morgan fingerprint density at radius 1 is 1.56 bits per heavy atom. The lowest BCUT2D eigenvalue weighted by Gasteiger charge is -2.13. The molecule has 0 unspecified atom stereocenters. The van der Waals surface area contributed by atoms with E-state index in [-0.39, 0.29) is 22.2 Å². The van der Waals surface area contributed by atoms with Crippen LogP contribution >= 0.6 is 11.6 Å². The third-order valence-electron chi connectivity index (χ3n) is 1.90. The van der Waals surface area contributed by atoms with Crippen LogP contribution in [0.4, 0.5) is 5.69 Å². The summed E-state index contributed by atoms with van der Waals surface area (Å²) in [6.07, 6.45) is 0.